The van der Waals surface area contributed by atoms with Gasteiger partial charge in [-0.1, -0.05) is 19.1 Å². The fourth-order valence-electron chi connectivity index (χ4n) is 1.65. The molecule has 0 aliphatic rings. The largest absolute Gasteiger partial charge is 0.323 e. The summed E-state index contributed by atoms with van der Waals surface area (Å²) in [6.07, 6.45) is 2.31. The van der Waals surface area contributed by atoms with Gasteiger partial charge in [-0.2, -0.15) is 0 Å². The van der Waals surface area contributed by atoms with E-state index in [2.05, 4.69) is 26.2 Å². The molecule has 1 aromatic carbocycles. The van der Waals surface area contributed by atoms with Crippen molar-refractivity contribution in [1.82, 2.24) is 4.98 Å². The number of para-hydroxylation sites is 1. The molecule has 0 saturated carbocycles. The van der Waals surface area contributed by atoms with Crippen molar-refractivity contribution in [3.05, 3.63) is 34.9 Å². The molecule has 0 radical (unpaired) electrons. The van der Waals surface area contributed by atoms with E-state index in [4.69, 9.17) is 5.73 Å². The first-order chi connectivity index (χ1) is 8.61. The van der Waals surface area contributed by atoms with Crippen molar-refractivity contribution in [3.63, 3.8) is 0 Å². The normalized spacial score (nSPS) is 12.4. The Labute approximate surface area is 114 Å². The lowest BCUT2D eigenvalue weighted by Crippen LogP contribution is -2.34. The average molecular weight is 308 g/mol. The third-order valence-electron chi connectivity index (χ3n) is 2.71. The number of nitrogens with two attached hydrogens (primary N) is 1. The van der Waals surface area contributed by atoms with Gasteiger partial charge in [0.1, 0.15) is 0 Å². The minimum absolute atomic E-state index is 0.185. The Balaban J connectivity index is 2.37. The number of benzene rings is 1. The maximum absolute atomic E-state index is 11.8. The van der Waals surface area contributed by atoms with Gasteiger partial charge in [-0.05, 0) is 34.5 Å². The smallest absolute Gasteiger partial charge is 0.241 e. The highest BCUT2D eigenvalue weighted by Crippen LogP contribution is 2.23. The van der Waals surface area contributed by atoms with Crippen LogP contribution in [-0.4, -0.2) is 16.9 Å². The first kappa shape index (κ1) is 13.0. The second-order valence-corrected chi connectivity index (χ2v) is 4.95. The summed E-state index contributed by atoms with van der Waals surface area (Å²) in [7, 11) is 0. The predicted molar refractivity (Wildman–Crippen MR) is 76.3 cm³/mol. The summed E-state index contributed by atoms with van der Waals surface area (Å²) in [4.78, 5) is 16.1. The molecule has 1 amide bonds. The monoisotopic (exact) mass is 307 g/mol. The summed E-state index contributed by atoms with van der Waals surface area (Å²) in [5.74, 6) is -0.185. The highest BCUT2D eigenvalue weighted by Gasteiger charge is 2.12. The van der Waals surface area contributed by atoms with E-state index in [0.29, 0.717) is 12.1 Å². The zero-order valence-corrected chi connectivity index (χ0v) is 11.6. The zero-order valence-electron chi connectivity index (χ0n) is 9.98. The summed E-state index contributed by atoms with van der Waals surface area (Å²) in [6, 6.07) is 7.11. The number of carbonyl (C=O) groups is 1. The highest BCUT2D eigenvalue weighted by atomic mass is 79.9. The van der Waals surface area contributed by atoms with Crippen LogP contribution in [0.15, 0.2) is 34.9 Å². The van der Waals surface area contributed by atoms with Gasteiger partial charge in [-0.3, -0.25) is 9.78 Å². The van der Waals surface area contributed by atoms with Crippen LogP contribution in [0.1, 0.15) is 13.3 Å². The van der Waals surface area contributed by atoms with Crippen molar-refractivity contribution in [2.24, 2.45) is 5.73 Å². The van der Waals surface area contributed by atoms with Crippen LogP contribution >= 0.6 is 15.9 Å². The minimum Gasteiger partial charge on any atom is -0.323 e. The summed E-state index contributed by atoms with van der Waals surface area (Å²) in [5, 5.41) is 3.78. The van der Waals surface area contributed by atoms with E-state index in [-0.39, 0.29) is 5.91 Å². The van der Waals surface area contributed by atoms with Crippen molar-refractivity contribution in [1.29, 1.82) is 0 Å². The van der Waals surface area contributed by atoms with Crippen LogP contribution in [-0.2, 0) is 4.79 Å². The Kier molecular flexibility index (Phi) is 3.93. The molecule has 4 nitrogen and oxygen atoms in total. The van der Waals surface area contributed by atoms with Crippen LogP contribution in [0.2, 0.25) is 0 Å². The first-order valence-electron chi connectivity index (χ1n) is 5.72. The maximum Gasteiger partial charge on any atom is 0.241 e. The van der Waals surface area contributed by atoms with E-state index in [1.807, 2.05) is 31.2 Å². The van der Waals surface area contributed by atoms with Gasteiger partial charge in [0.05, 0.1) is 17.2 Å². The maximum atomic E-state index is 11.8. The van der Waals surface area contributed by atoms with E-state index in [9.17, 15) is 4.79 Å². The van der Waals surface area contributed by atoms with Crippen molar-refractivity contribution in [2.75, 3.05) is 5.32 Å². The molecule has 0 spiro atoms. The SMILES string of the molecule is CC[C@H](N)C(=O)Nc1cccc2cc(Br)cnc12. The lowest BCUT2D eigenvalue weighted by molar-refractivity contribution is -0.117. The fraction of sp³-hybridized carbons (Fsp3) is 0.231. The second kappa shape index (κ2) is 5.46. The summed E-state index contributed by atoms with van der Waals surface area (Å²) >= 11 is 3.37. The molecule has 2 rings (SSSR count). The molecule has 18 heavy (non-hydrogen) atoms. The Morgan fingerprint density at radius 3 is 3.06 bits per heavy atom. The molecule has 1 aromatic heterocycles. The zero-order chi connectivity index (χ0) is 13.1. The highest BCUT2D eigenvalue weighted by molar-refractivity contribution is 9.10. The van der Waals surface area contributed by atoms with Crippen molar-refractivity contribution in [2.45, 2.75) is 19.4 Å². The van der Waals surface area contributed by atoms with Crippen LogP contribution in [0.25, 0.3) is 10.9 Å². The minimum atomic E-state index is -0.490. The van der Waals surface area contributed by atoms with Gasteiger partial charge in [-0.25, -0.2) is 0 Å². The lowest BCUT2D eigenvalue weighted by atomic mass is 10.1. The third-order valence-corrected chi connectivity index (χ3v) is 3.15. The molecule has 0 unspecified atom stereocenters. The van der Waals surface area contributed by atoms with Crippen LogP contribution < -0.4 is 11.1 Å². The van der Waals surface area contributed by atoms with Crippen molar-refractivity contribution in [3.8, 4) is 0 Å². The first-order valence-corrected chi connectivity index (χ1v) is 6.52. The molecule has 2 aromatic rings. The molecule has 94 valence electrons. The summed E-state index contributed by atoms with van der Waals surface area (Å²) in [6.45, 7) is 1.88. The number of pyridine rings is 1. The predicted octanol–water partition coefficient (Wildman–Crippen LogP) is 2.67. The summed E-state index contributed by atoms with van der Waals surface area (Å²) < 4.78 is 0.906. The number of fused-ring (bicyclic) bond motifs is 1. The molecule has 1 atom stereocenters. The molecule has 0 bridgehead atoms. The number of nitrogens with zero attached hydrogens (tertiary/aromatic N) is 1. The molecule has 0 aliphatic heterocycles. The number of amides is 1. The molecule has 5 heteroatoms. The lowest BCUT2D eigenvalue weighted by Gasteiger charge is -2.11. The van der Waals surface area contributed by atoms with Gasteiger partial charge < -0.3 is 11.1 Å². The van der Waals surface area contributed by atoms with E-state index in [1.54, 1.807) is 6.20 Å². The molecule has 1 heterocycles. The van der Waals surface area contributed by atoms with Gasteiger partial charge in [0.25, 0.3) is 0 Å². The number of hydrogen-bond acceptors (Lipinski definition) is 3. The van der Waals surface area contributed by atoms with Gasteiger partial charge in [-0.15, -0.1) is 0 Å². The number of rotatable bonds is 3. The number of anilines is 1. The van der Waals surface area contributed by atoms with Crippen LogP contribution in [0.3, 0.4) is 0 Å². The van der Waals surface area contributed by atoms with Crippen LogP contribution in [0, 0.1) is 0 Å². The number of aromatic nitrogens is 1. The molecule has 3 N–H and O–H groups in total. The average Bonchev–Trinajstić information content (AvgIpc) is 2.37. The Morgan fingerprint density at radius 1 is 1.56 bits per heavy atom. The van der Waals surface area contributed by atoms with E-state index < -0.39 is 6.04 Å². The molecule has 0 saturated heterocycles. The third kappa shape index (κ3) is 2.68. The number of hydrogen-bond donors (Lipinski definition) is 2. The Morgan fingerprint density at radius 2 is 2.33 bits per heavy atom. The Bertz CT molecular complexity index is 585. The number of nitrogens with one attached hydrogen (secondary N) is 1. The van der Waals surface area contributed by atoms with E-state index in [1.165, 1.54) is 0 Å². The topological polar surface area (TPSA) is 68.0 Å². The van der Waals surface area contributed by atoms with E-state index >= 15 is 0 Å². The molecule has 0 fully saturated rings. The van der Waals surface area contributed by atoms with Crippen LogP contribution in [0.5, 0.6) is 0 Å². The standard InChI is InChI=1S/C13H14BrN3O/c1-2-10(15)13(18)17-11-5-3-4-8-6-9(14)7-16-12(8)11/h3-7,10H,2,15H2,1H3,(H,17,18)/t10-/m0/s1. The van der Waals surface area contributed by atoms with Crippen LogP contribution in [0.4, 0.5) is 5.69 Å². The Hall–Kier alpha value is -1.46. The molecular weight excluding hydrogens is 294 g/mol. The number of halogens is 1. The van der Waals surface area contributed by atoms with Gasteiger partial charge in [0.2, 0.25) is 5.91 Å². The molecular formula is C13H14BrN3O. The van der Waals surface area contributed by atoms with Crippen molar-refractivity contribution < 1.29 is 4.79 Å². The number of carbonyl (C=O) groups excluding carboxylic acids is 1. The fourth-order valence-corrected chi connectivity index (χ4v) is 1.99. The van der Waals surface area contributed by atoms with E-state index in [0.717, 1.165) is 15.4 Å². The van der Waals surface area contributed by atoms with Crippen molar-refractivity contribution >= 4 is 38.4 Å². The van der Waals surface area contributed by atoms with Gasteiger partial charge in [0.15, 0.2) is 0 Å². The quantitative estimate of drug-likeness (QED) is 0.916. The molecule has 0 aliphatic carbocycles. The second-order valence-electron chi connectivity index (χ2n) is 4.03. The van der Waals surface area contributed by atoms with Gasteiger partial charge >= 0.3 is 0 Å². The summed E-state index contributed by atoms with van der Waals surface area (Å²) in [5.41, 5.74) is 7.14. The van der Waals surface area contributed by atoms with Gasteiger partial charge in [0, 0.05) is 16.1 Å².